The van der Waals surface area contributed by atoms with Crippen LogP contribution in [-0.2, 0) is 47.0 Å². The number of rotatable bonds is 3. The molecule has 5 heteroatoms. The molecule has 0 spiro atoms. The third-order valence-corrected chi connectivity index (χ3v) is 3.42. The van der Waals surface area contributed by atoms with Crippen molar-refractivity contribution < 1.29 is 52.1 Å². The van der Waals surface area contributed by atoms with Gasteiger partial charge in [0.05, 0.1) is 12.0 Å². The molecule has 0 heterocycles. The Labute approximate surface area is 140 Å². The minimum Gasteiger partial charge on any atom is -0.481 e. The van der Waals surface area contributed by atoms with Crippen LogP contribution in [0.15, 0.2) is 0 Å². The van der Waals surface area contributed by atoms with E-state index in [2.05, 4.69) is 12.8 Å². The Morgan fingerprint density at radius 2 is 1.53 bits per heavy atom. The van der Waals surface area contributed by atoms with E-state index in [1.165, 1.54) is 0 Å². The monoisotopic (exact) mass is 343 g/mol. The zero-order chi connectivity index (χ0) is 13.2. The average Bonchev–Trinajstić information content (AvgIpc) is 2.42. The second kappa shape index (κ2) is 11.8. The molecule has 0 saturated heterocycles. The van der Waals surface area contributed by atoms with Crippen molar-refractivity contribution >= 4 is 12.4 Å². The number of carbonyl (C=O) groups is 2. The van der Waals surface area contributed by atoms with Gasteiger partial charge in [0.15, 0.2) is 0 Å². The van der Waals surface area contributed by atoms with Crippen LogP contribution in [0, 0.1) is 18.8 Å². The van der Waals surface area contributed by atoms with Crippen LogP contribution in [0.1, 0.15) is 51.4 Å². The molecule has 1 N–H and O–H groups in total. The van der Waals surface area contributed by atoms with E-state index in [0.29, 0.717) is 6.47 Å². The molecule has 2 saturated carbocycles. The molecule has 0 bridgehead atoms. The molecule has 0 aliphatic heterocycles. The minimum atomic E-state index is -0.622. The third-order valence-electron chi connectivity index (χ3n) is 3.42. The maximum Gasteiger partial charge on any atom is 0.306 e. The molecule has 0 aromatic rings. The van der Waals surface area contributed by atoms with Gasteiger partial charge in [0.25, 0.3) is 6.47 Å². The molecular weight excluding hydrogens is 321 g/mol. The number of hydrogen-bond donors (Lipinski definition) is 1. The summed E-state index contributed by atoms with van der Waals surface area (Å²) in [7, 11) is 0. The molecule has 19 heavy (non-hydrogen) atoms. The van der Waals surface area contributed by atoms with E-state index in [-0.39, 0.29) is 44.7 Å². The van der Waals surface area contributed by atoms with Gasteiger partial charge >= 0.3 is 5.97 Å². The Balaban J connectivity index is 0.000000324. The van der Waals surface area contributed by atoms with Gasteiger partial charge in [-0.3, -0.25) is 9.59 Å². The molecular formula is C14H22O4Y-2. The van der Waals surface area contributed by atoms with Gasteiger partial charge in [-0.15, -0.1) is 0 Å². The predicted molar refractivity (Wildman–Crippen MR) is 67.6 cm³/mol. The number of carbonyl (C=O) groups excluding carboxylic acids is 1. The molecule has 2 rings (SSSR count). The number of aliphatic carboxylic acids is 1. The van der Waals surface area contributed by atoms with Crippen molar-refractivity contribution in [1.29, 1.82) is 0 Å². The largest absolute Gasteiger partial charge is 0.481 e. The quantitative estimate of drug-likeness (QED) is 0.632. The Bertz CT molecular complexity index is 246. The predicted octanol–water partition coefficient (Wildman–Crippen LogP) is 2.77. The molecule has 2 aliphatic carbocycles. The smallest absolute Gasteiger partial charge is 0.306 e. The Morgan fingerprint density at radius 1 is 1.05 bits per heavy atom. The first-order chi connectivity index (χ1) is 8.74. The van der Waals surface area contributed by atoms with E-state index < -0.39 is 5.97 Å². The van der Waals surface area contributed by atoms with Crippen LogP contribution in [0.3, 0.4) is 0 Å². The van der Waals surface area contributed by atoms with Crippen LogP contribution in [0.4, 0.5) is 0 Å². The van der Waals surface area contributed by atoms with Gasteiger partial charge in [-0.25, -0.2) is 0 Å². The molecule has 107 valence electrons. The Morgan fingerprint density at radius 3 is 1.89 bits per heavy atom. The Hall–Kier alpha value is 0.0439. The van der Waals surface area contributed by atoms with Crippen molar-refractivity contribution in [1.82, 2.24) is 0 Å². The number of carboxylic acids is 1. The van der Waals surface area contributed by atoms with Crippen LogP contribution in [0.25, 0.3) is 0 Å². The number of hydrogen-bond acceptors (Lipinski definition) is 3. The first-order valence-electron chi connectivity index (χ1n) is 6.69. The maximum absolute atomic E-state index is 10.3. The van der Waals surface area contributed by atoms with Crippen molar-refractivity contribution in [3.8, 4) is 0 Å². The summed E-state index contributed by atoms with van der Waals surface area (Å²) >= 11 is 0. The van der Waals surface area contributed by atoms with Gasteiger partial charge < -0.3 is 22.7 Å². The summed E-state index contributed by atoms with van der Waals surface area (Å²) in [6, 6.07) is 0. The molecule has 0 amide bonds. The second-order valence-corrected chi connectivity index (χ2v) is 4.78. The van der Waals surface area contributed by atoms with Gasteiger partial charge in [0.1, 0.15) is 0 Å². The standard InChI is InChI=1S/2C7H11O2.Y/c8-6-9-7-4-2-1-3-5-7;8-7(9)6-4-2-1-3-5-6;/h1,6-7H,2-5H2;1,6H,2-5H2,(H,8,9);/q2*-1;. The van der Waals surface area contributed by atoms with Crippen LogP contribution in [0.5, 0.6) is 0 Å². The summed E-state index contributed by atoms with van der Waals surface area (Å²) in [6.07, 6.45) is 12.5. The summed E-state index contributed by atoms with van der Waals surface area (Å²) in [4.78, 5) is 20.2. The van der Waals surface area contributed by atoms with Crippen LogP contribution in [-0.4, -0.2) is 23.7 Å². The zero-order valence-corrected chi connectivity index (χ0v) is 14.1. The van der Waals surface area contributed by atoms with Crippen molar-refractivity contribution in [2.24, 2.45) is 5.92 Å². The fraction of sp³-hybridized carbons (Fsp3) is 0.714. The minimum absolute atomic E-state index is 0. The van der Waals surface area contributed by atoms with Crippen molar-refractivity contribution in [3.05, 3.63) is 12.8 Å². The molecule has 1 radical (unpaired) electrons. The summed E-state index contributed by atoms with van der Waals surface area (Å²) in [5.74, 6) is -0.682. The van der Waals surface area contributed by atoms with Crippen LogP contribution in [0.2, 0.25) is 0 Å². The van der Waals surface area contributed by atoms with Crippen LogP contribution < -0.4 is 0 Å². The summed E-state index contributed by atoms with van der Waals surface area (Å²) in [6.45, 7) is 0.552. The van der Waals surface area contributed by atoms with Crippen molar-refractivity contribution in [3.63, 3.8) is 0 Å². The van der Waals surface area contributed by atoms with E-state index in [1.807, 2.05) is 0 Å². The average molecular weight is 343 g/mol. The van der Waals surface area contributed by atoms with Crippen molar-refractivity contribution in [2.75, 3.05) is 0 Å². The summed E-state index contributed by atoms with van der Waals surface area (Å²) < 4.78 is 4.78. The number of ether oxygens (including phenoxy) is 1. The molecule has 0 aromatic heterocycles. The molecule has 4 nitrogen and oxygen atoms in total. The van der Waals surface area contributed by atoms with Gasteiger partial charge in [-0.2, -0.15) is 25.7 Å². The van der Waals surface area contributed by atoms with E-state index in [1.54, 1.807) is 0 Å². The summed E-state index contributed by atoms with van der Waals surface area (Å²) in [5, 5.41) is 8.52. The summed E-state index contributed by atoms with van der Waals surface area (Å²) in [5.41, 5.74) is 0. The molecule has 0 atom stereocenters. The fourth-order valence-corrected chi connectivity index (χ4v) is 2.28. The molecule has 0 aromatic carbocycles. The van der Waals surface area contributed by atoms with Crippen LogP contribution >= 0.6 is 0 Å². The molecule has 2 aliphatic rings. The van der Waals surface area contributed by atoms with E-state index in [4.69, 9.17) is 9.84 Å². The normalized spacial score (nSPS) is 20.4. The molecule has 0 unspecified atom stereocenters. The topological polar surface area (TPSA) is 63.6 Å². The number of carboxylic acid groups (broad SMARTS) is 1. The Kier molecular flexibility index (Phi) is 11.9. The van der Waals surface area contributed by atoms with E-state index in [9.17, 15) is 9.59 Å². The van der Waals surface area contributed by atoms with Gasteiger partial charge in [-0.05, 0) is 12.8 Å². The third kappa shape index (κ3) is 8.75. The fourth-order valence-electron chi connectivity index (χ4n) is 2.28. The first kappa shape index (κ1) is 19.0. The van der Waals surface area contributed by atoms with Gasteiger partial charge in [-0.1, -0.05) is 12.8 Å². The SMILES string of the molecule is O=C(O)C1CC[CH-]CC1.O=COC1CC[CH-]CC1.[Y]. The maximum atomic E-state index is 10.3. The molecule has 2 fully saturated rings. The van der Waals surface area contributed by atoms with Gasteiger partial charge in [0, 0.05) is 32.7 Å². The van der Waals surface area contributed by atoms with Gasteiger partial charge in [0.2, 0.25) is 0 Å². The second-order valence-electron chi connectivity index (χ2n) is 4.78. The van der Waals surface area contributed by atoms with Crippen molar-refractivity contribution in [2.45, 2.75) is 57.5 Å². The van der Waals surface area contributed by atoms with E-state index >= 15 is 0 Å². The van der Waals surface area contributed by atoms with E-state index in [0.717, 1.165) is 51.4 Å². The first-order valence-corrected chi connectivity index (χ1v) is 6.69. The zero-order valence-electron chi connectivity index (χ0n) is 11.3.